The van der Waals surface area contributed by atoms with E-state index in [1.54, 1.807) is 29.4 Å². The van der Waals surface area contributed by atoms with Crippen molar-refractivity contribution in [3.8, 4) is 11.1 Å². The Balaban J connectivity index is 1.54. The summed E-state index contributed by atoms with van der Waals surface area (Å²) in [4.78, 5) is 30.2. The third-order valence-electron chi connectivity index (χ3n) is 6.33. The lowest BCUT2D eigenvalue weighted by Gasteiger charge is -2.41. The number of anilines is 1. The van der Waals surface area contributed by atoms with Crippen molar-refractivity contribution in [1.29, 1.82) is 0 Å². The van der Waals surface area contributed by atoms with Crippen LogP contribution >= 0.6 is 11.3 Å². The highest BCUT2D eigenvalue weighted by molar-refractivity contribution is 7.10. The minimum atomic E-state index is -0.556. The summed E-state index contributed by atoms with van der Waals surface area (Å²) in [6.07, 6.45) is 0. The van der Waals surface area contributed by atoms with Crippen LogP contribution in [0.25, 0.3) is 11.1 Å². The third-order valence-corrected chi connectivity index (χ3v) is 7.27. The van der Waals surface area contributed by atoms with E-state index in [0.717, 1.165) is 27.3 Å². The van der Waals surface area contributed by atoms with Gasteiger partial charge in [-0.2, -0.15) is 0 Å². The van der Waals surface area contributed by atoms with Gasteiger partial charge < -0.3 is 15.0 Å². The summed E-state index contributed by atoms with van der Waals surface area (Å²) in [7, 11) is 1.62. The van der Waals surface area contributed by atoms with Gasteiger partial charge in [0.05, 0.1) is 18.6 Å². The Morgan fingerprint density at radius 3 is 2.49 bits per heavy atom. The number of thiophene rings is 1. The van der Waals surface area contributed by atoms with Crippen LogP contribution in [0.1, 0.15) is 32.8 Å². The molecule has 0 fully saturated rings. The number of carbonyl (C=O) groups is 2. The molecule has 2 unspecified atom stereocenters. The van der Waals surface area contributed by atoms with Crippen LogP contribution < -0.4 is 5.32 Å². The van der Waals surface area contributed by atoms with Crippen LogP contribution in [-0.4, -0.2) is 37.0 Å². The van der Waals surface area contributed by atoms with E-state index in [4.69, 9.17) is 4.74 Å². The minimum Gasteiger partial charge on any atom is -0.383 e. The van der Waals surface area contributed by atoms with E-state index in [1.807, 2.05) is 90.3 Å². The zero-order valence-corrected chi connectivity index (χ0v) is 20.2. The molecular formula is C29H26N2O3S. The van der Waals surface area contributed by atoms with Crippen LogP contribution in [0.4, 0.5) is 5.69 Å². The van der Waals surface area contributed by atoms with Gasteiger partial charge in [-0.25, -0.2) is 0 Å². The van der Waals surface area contributed by atoms with Crippen LogP contribution in [0.5, 0.6) is 0 Å². The molecule has 1 aliphatic heterocycles. The maximum absolute atomic E-state index is 13.9. The van der Waals surface area contributed by atoms with Gasteiger partial charge in [0, 0.05) is 29.8 Å². The van der Waals surface area contributed by atoms with Crippen LogP contribution in [-0.2, 0) is 9.53 Å². The van der Waals surface area contributed by atoms with Crippen molar-refractivity contribution in [2.24, 2.45) is 0 Å². The van der Waals surface area contributed by atoms with E-state index in [0.29, 0.717) is 18.7 Å². The number of nitrogens with one attached hydrogen (secondary N) is 1. The van der Waals surface area contributed by atoms with Gasteiger partial charge in [-0.15, -0.1) is 11.3 Å². The molecule has 3 aromatic carbocycles. The molecule has 35 heavy (non-hydrogen) atoms. The second kappa shape index (κ2) is 10.3. The second-order valence-electron chi connectivity index (χ2n) is 8.45. The fraction of sp³-hybridized carbons (Fsp3) is 0.172. The van der Waals surface area contributed by atoms with Crippen LogP contribution in [0, 0.1) is 0 Å². The van der Waals surface area contributed by atoms with E-state index in [1.165, 1.54) is 0 Å². The predicted octanol–water partition coefficient (Wildman–Crippen LogP) is 5.98. The van der Waals surface area contributed by atoms with Gasteiger partial charge in [0.2, 0.25) is 5.91 Å². The number of ether oxygens (including phenoxy) is 1. The molecule has 1 aliphatic rings. The summed E-state index contributed by atoms with van der Waals surface area (Å²) in [6.45, 7) is 0.794. The normalized spacial score (nSPS) is 17.2. The average molecular weight is 483 g/mol. The van der Waals surface area contributed by atoms with Gasteiger partial charge in [0.1, 0.15) is 0 Å². The molecule has 4 aromatic rings. The molecular weight excluding hydrogens is 456 g/mol. The summed E-state index contributed by atoms with van der Waals surface area (Å²) < 4.78 is 5.30. The quantitative estimate of drug-likeness (QED) is 0.352. The zero-order chi connectivity index (χ0) is 24.2. The SMILES string of the molecule is COCCN1C(=O)c2ccccc2C(C(=O)Nc2cccc(-c3ccccc3)c2)C1c1cccs1. The highest BCUT2D eigenvalue weighted by Crippen LogP contribution is 2.44. The summed E-state index contributed by atoms with van der Waals surface area (Å²) >= 11 is 1.56. The molecule has 0 bridgehead atoms. The Morgan fingerprint density at radius 2 is 1.71 bits per heavy atom. The maximum Gasteiger partial charge on any atom is 0.254 e. The number of amides is 2. The first kappa shape index (κ1) is 23.0. The number of hydrogen-bond donors (Lipinski definition) is 1. The number of carbonyl (C=O) groups excluding carboxylic acids is 2. The highest BCUT2D eigenvalue weighted by Gasteiger charge is 2.44. The van der Waals surface area contributed by atoms with E-state index < -0.39 is 12.0 Å². The first-order chi connectivity index (χ1) is 17.2. The molecule has 5 nitrogen and oxygen atoms in total. The Morgan fingerprint density at radius 1 is 0.943 bits per heavy atom. The molecule has 2 atom stereocenters. The van der Waals surface area contributed by atoms with Crippen LogP contribution in [0.15, 0.2) is 96.4 Å². The standard InChI is InChI=1S/C29H26N2O3S/c1-34-17-16-31-27(25-15-8-18-35-25)26(23-13-5-6-14-24(23)29(31)33)28(32)30-22-12-7-11-21(19-22)20-9-3-2-4-10-20/h2-15,18-19,26-27H,16-17H2,1H3,(H,30,32). The van der Waals surface area contributed by atoms with Crippen molar-refractivity contribution in [1.82, 2.24) is 4.90 Å². The molecule has 0 aliphatic carbocycles. The molecule has 0 radical (unpaired) electrons. The van der Waals surface area contributed by atoms with Gasteiger partial charge in [0.15, 0.2) is 0 Å². The summed E-state index contributed by atoms with van der Waals surface area (Å²) in [6, 6.07) is 28.9. The smallest absolute Gasteiger partial charge is 0.254 e. The number of benzene rings is 3. The highest BCUT2D eigenvalue weighted by atomic mass is 32.1. The molecule has 2 amide bonds. The lowest BCUT2D eigenvalue weighted by Crippen LogP contribution is -2.47. The maximum atomic E-state index is 13.9. The fourth-order valence-corrected chi connectivity index (χ4v) is 5.59. The Bertz CT molecular complexity index is 1320. The Kier molecular flexibility index (Phi) is 6.75. The van der Waals surface area contributed by atoms with Crippen molar-refractivity contribution < 1.29 is 14.3 Å². The summed E-state index contributed by atoms with van der Waals surface area (Å²) in [5.74, 6) is -0.776. The molecule has 1 aromatic heterocycles. The minimum absolute atomic E-state index is 0.0776. The largest absolute Gasteiger partial charge is 0.383 e. The number of nitrogens with zero attached hydrogens (tertiary/aromatic N) is 1. The molecule has 5 rings (SSSR count). The van der Waals surface area contributed by atoms with E-state index in [2.05, 4.69) is 5.32 Å². The van der Waals surface area contributed by atoms with Gasteiger partial charge in [-0.3, -0.25) is 9.59 Å². The molecule has 176 valence electrons. The average Bonchev–Trinajstić information content (AvgIpc) is 3.43. The van der Waals surface area contributed by atoms with Crippen molar-refractivity contribution in [2.75, 3.05) is 25.6 Å². The van der Waals surface area contributed by atoms with Gasteiger partial charge in [-0.05, 0) is 46.3 Å². The predicted molar refractivity (Wildman–Crippen MR) is 140 cm³/mol. The molecule has 0 spiro atoms. The number of fused-ring (bicyclic) bond motifs is 1. The number of hydrogen-bond acceptors (Lipinski definition) is 4. The Labute approximate surface area is 209 Å². The van der Waals surface area contributed by atoms with Gasteiger partial charge in [-0.1, -0.05) is 66.7 Å². The second-order valence-corrected chi connectivity index (χ2v) is 9.43. The Hall–Kier alpha value is -3.74. The molecule has 0 saturated heterocycles. The summed E-state index contributed by atoms with van der Waals surface area (Å²) in [5, 5.41) is 5.12. The van der Waals surface area contributed by atoms with Crippen LogP contribution in [0.3, 0.4) is 0 Å². The van der Waals surface area contributed by atoms with Crippen molar-refractivity contribution >= 4 is 28.8 Å². The molecule has 6 heteroatoms. The first-order valence-corrected chi connectivity index (χ1v) is 12.4. The van der Waals surface area contributed by atoms with Crippen LogP contribution in [0.2, 0.25) is 0 Å². The third kappa shape index (κ3) is 4.63. The van der Waals surface area contributed by atoms with Crippen molar-refractivity contribution in [2.45, 2.75) is 12.0 Å². The van der Waals surface area contributed by atoms with Gasteiger partial charge in [0.25, 0.3) is 5.91 Å². The number of rotatable bonds is 7. The zero-order valence-electron chi connectivity index (χ0n) is 19.4. The lowest BCUT2D eigenvalue weighted by atomic mass is 9.81. The van der Waals surface area contributed by atoms with E-state index in [-0.39, 0.29) is 11.8 Å². The van der Waals surface area contributed by atoms with Crippen molar-refractivity contribution in [3.63, 3.8) is 0 Å². The molecule has 0 saturated carbocycles. The van der Waals surface area contributed by atoms with E-state index >= 15 is 0 Å². The first-order valence-electron chi connectivity index (χ1n) is 11.6. The van der Waals surface area contributed by atoms with E-state index in [9.17, 15) is 9.59 Å². The summed E-state index contributed by atoms with van der Waals surface area (Å²) in [5.41, 5.74) is 4.15. The molecule has 2 heterocycles. The lowest BCUT2D eigenvalue weighted by molar-refractivity contribution is -0.119. The van der Waals surface area contributed by atoms with Gasteiger partial charge >= 0.3 is 0 Å². The monoisotopic (exact) mass is 482 g/mol. The molecule has 1 N–H and O–H groups in total. The number of methoxy groups -OCH3 is 1. The fourth-order valence-electron chi connectivity index (χ4n) is 4.71. The van der Waals surface area contributed by atoms with Crippen molar-refractivity contribution in [3.05, 3.63) is 112 Å². The topological polar surface area (TPSA) is 58.6 Å².